The fourth-order valence-electron chi connectivity index (χ4n) is 5.01. The van der Waals surface area contributed by atoms with E-state index in [9.17, 15) is 0 Å². The van der Waals surface area contributed by atoms with Crippen LogP contribution in [0.15, 0.2) is 35.6 Å². The number of hydrogen-bond acceptors (Lipinski definition) is 4. The van der Waals surface area contributed by atoms with Crippen molar-refractivity contribution in [3.63, 3.8) is 0 Å². The normalized spacial score (nSPS) is 20.1. The van der Waals surface area contributed by atoms with Gasteiger partial charge in [-0.15, -0.1) is 0 Å². The molecule has 2 heterocycles. The lowest BCUT2D eigenvalue weighted by Crippen LogP contribution is -2.59. The van der Waals surface area contributed by atoms with Gasteiger partial charge in [-0.2, -0.15) is 5.10 Å². The van der Waals surface area contributed by atoms with Gasteiger partial charge in [0.2, 0.25) is 0 Å². The number of aliphatic imine (C=N–C) groups is 1. The minimum atomic E-state index is 0.294. The van der Waals surface area contributed by atoms with Gasteiger partial charge in [0.25, 0.3) is 0 Å². The quantitative estimate of drug-likeness (QED) is 0.504. The Morgan fingerprint density at radius 3 is 2.63 bits per heavy atom. The fraction of sp³-hybridized carbons (Fsp3) is 0.609. The number of hydrogen-bond donors (Lipinski definition) is 3. The second-order valence-electron chi connectivity index (χ2n) is 8.65. The Morgan fingerprint density at radius 1 is 1.10 bits per heavy atom. The molecule has 1 aromatic carbocycles. The number of rotatable bonds is 6. The average molecular weight is 410 g/mol. The first kappa shape index (κ1) is 20.8. The van der Waals surface area contributed by atoms with E-state index in [-0.39, 0.29) is 0 Å². The molecule has 0 atom stereocenters. The topological polar surface area (TPSA) is 81.2 Å². The summed E-state index contributed by atoms with van der Waals surface area (Å²) < 4.78 is 0. The van der Waals surface area contributed by atoms with Crippen LogP contribution in [0, 0.1) is 0 Å². The Hall–Kier alpha value is -2.41. The van der Waals surface area contributed by atoms with Crippen molar-refractivity contribution in [1.29, 1.82) is 0 Å². The van der Waals surface area contributed by atoms with E-state index in [1.54, 1.807) is 0 Å². The minimum absolute atomic E-state index is 0.294. The summed E-state index contributed by atoms with van der Waals surface area (Å²) in [4.78, 5) is 11.5. The van der Waals surface area contributed by atoms with Gasteiger partial charge in [-0.05, 0) is 50.4 Å². The predicted octanol–water partition coefficient (Wildman–Crippen LogP) is 3.33. The molecular formula is C23H35N7. The van der Waals surface area contributed by atoms with Gasteiger partial charge in [0, 0.05) is 31.2 Å². The number of benzene rings is 1. The van der Waals surface area contributed by atoms with Crippen LogP contribution in [0.2, 0.25) is 0 Å². The zero-order valence-corrected chi connectivity index (χ0v) is 18.2. The monoisotopic (exact) mass is 409 g/mol. The van der Waals surface area contributed by atoms with Gasteiger partial charge in [-0.1, -0.05) is 43.9 Å². The molecule has 2 fully saturated rings. The molecule has 1 aliphatic heterocycles. The van der Waals surface area contributed by atoms with Crippen molar-refractivity contribution >= 4 is 5.96 Å². The van der Waals surface area contributed by atoms with Gasteiger partial charge in [-0.3, -0.25) is 15.0 Å². The molecule has 1 saturated carbocycles. The van der Waals surface area contributed by atoms with Crippen LogP contribution in [-0.4, -0.2) is 58.3 Å². The van der Waals surface area contributed by atoms with Gasteiger partial charge < -0.3 is 10.6 Å². The Bertz CT molecular complexity index is 803. The molecule has 1 aliphatic carbocycles. The first-order valence-corrected chi connectivity index (χ1v) is 11.4. The summed E-state index contributed by atoms with van der Waals surface area (Å²) in [6.45, 7) is 4.20. The molecule has 7 nitrogen and oxygen atoms in total. The lowest BCUT2D eigenvalue weighted by Gasteiger charge is -2.48. The third kappa shape index (κ3) is 5.01. The smallest absolute Gasteiger partial charge is 0.191 e. The molecule has 0 amide bonds. The zero-order chi connectivity index (χ0) is 20.7. The lowest BCUT2D eigenvalue weighted by atomic mass is 9.79. The predicted molar refractivity (Wildman–Crippen MR) is 121 cm³/mol. The van der Waals surface area contributed by atoms with Crippen LogP contribution in [0.5, 0.6) is 0 Å². The number of guanidine groups is 1. The van der Waals surface area contributed by atoms with E-state index in [4.69, 9.17) is 0 Å². The van der Waals surface area contributed by atoms with E-state index in [0.717, 1.165) is 30.4 Å². The number of piperidine rings is 1. The van der Waals surface area contributed by atoms with Crippen LogP contribution < -0.4 is 10.6 Å². The van der Waals surface area contributed by atoms with E-state index in [0.29, 0.717) is 5.54 Å². The summed E-state index contributed by atoms with van der Waals surface area (Å²) >= 11 is 0. The highest BCUT2D eigenvalue weighted by molar-refractivity contribution is 5.79. The summed E-state index contributed by atoms with van der Waals surface area (Å²) in [5, 5.41) is 14.0. The molecule has 1 aromatic heterocycles. The lowest BCUT2D eigenvalue weighted by molar-refractivity contribution is 0.0368. The standard InChI is InChI=1S/C23H35N7/c1-24-22(25-16-19-9-8-10-20(15-19)21-27-18-28-29-21)26-17-23(11-4-2-5-12-23)30-13-6-3-7-14-30/h8-10,15,18H,2-7,11-14,16-17H2,1H3,(H2,24,25,26)(H,27,28,29). The molecule has 2 aliphatic rings. The Kier molecular flexibility index (Phi) is 7.00. The highest BCUT2D eigenvalue weighted by Crippen LogP contribution is 2.35. The van der Waals surface area contributed by atoms with Gasteiger partial charge in [0.1, 0.15) is 6.33 Å². The first-order chi connectivity index (χ1) is 14.8. The summed E-state index contributed by atoms with van der Waals surface area (Å²) in [6, 6.07) is 8.36. The maximum Gasteiger partial charge on any atom is 0.191 e. The number of aromatic amines is 1. The Labute approximate surface area is 179 Å². The van der Waals surface area contributed by atoms with Crippen molar-refractivity contribution in [3.8, 4) is 11.4 Å². The molecule has 162 valence electrons. The van der Waals surface area contributed by atoms with Crippen LogP contribution >= 0.6 is 0 Å². The molecule has 0 bridgehead atoms. The van der Waals surface area contributed by atoms with Gasteiger partial charge in [0.05, 0.1) is 0 Å². The van der Waals surface area contributed by atoms with Crippen molar-refractivity contribution in [3.05, 3.63) is 36.2 Å². The molecule has 3 N–H and O–H groups in total. The molecule has 7 heteroatoms. The second kappa shape index (κ2) is 10.1. The second-order valence-corrected chi connectivity index (χ2v) is 8.65. The molecular weight excluding hydrogens is 374 g/mol. The van der Waals surface area contributed by atoms with Crippen LogP contribution in [0.3, 0.4) is 0 Å². The molecule has 30 heavy (non-hydrogen) atoms. The zero-order valence-electron chi connectivity index (χ0n) is 18.2. The molecule has 0 spiro atoms. The number of H-pyrrole nitrogens is 1. The number of nitrogens with one attached hydrogen (secondary N) is 3. The van der Waals surface area contributed by atoms with Gasteiger partial charge in [-0.25, -0.2) is 4.98 Å². The molecule has 2 aromatic rings. The first-order valence-electron chi connectivity index (χ1n) is 11.4. The third-order valence-corrected chi connectivity index (χ3v) is 6.70. The third-order valence-electron chi connectivity index (χ3n) is 6.70. The molecule has 1 saturated heterocycles. The highest BCUT2D eigenvalue weighted by atomic mass is 15.3. The van der Waals surface area contributed by atoms with Gasteiger partial charge in [0.15, 0.2) is 11.8 Å². The van der Waals surface area contributed by atoms with E-state index in [1.165, 1.54) is 76.3 Å². The fourth-order valence-corrected chi connectivity index (χ4v) is 5.01. The van der Waals surface area contributed by atoms with E-state index in [1.807, 2.05) is 13.1 Å². The average Bonchev–Trinajstić information content (AvgIpc) is 3.36. The SMILES string of the molecule is CN=C(NCc1cccc(-c2ncn[nH]2)c1)NCC1(N2CCCCC2)CCCCC1. The summed E-state index contributed by atoms with van der Waals surface area (Å²) in [7, 11) is 1.86. The Balaban J connectivity index is 1.35. The Morgan fingerprint density at radius 2 is 1.90 bits per heavy atom. The summed E-state index contributed by atoms with van der Waals surface area (Å²) in [6.07, 6.45) is 12.3. The number of aromatic nitrogens is 3. The number of likely N-dealkylation sites (tertiary alicyclic amines) is 1. The molecule has 4 rings (SSSR count). The molecule has 0 radical (unpaired) electrons. The largest absolute Gasteiger partial charge is 0.355 e. The molecule has 0 unspecified atom stereocenters. The summed E-state index contributed by atoms with van der Waals surface area (Å²) in [5.41, 5.74) is 2.53. The van der Waals surface area contributed by atoms with E-state index >= 15 is 0 Å². The van der Waals surface area contributed by atoms with Crippen molar-refractivity contribution < 1.29 is 0 Å². The maximum absolute atomic E-state index is 4.48. The van der Waals surface area contributed by atoms with Gasteiger partial charge >= 0.3 is 0 Å². The van der Waals surface area contributed by atoms with E-state index in [2.05, 4.69) is 53.9 Å². The van der Waals surface area contributed by atoms with Crippen molar-refractivity contribution in [2.75, 3.05) is 26.7 Å². The van der Waals surface area contributed by atoms with E-state index < -0.39 is 0 Å². The van der Waals surface area contributed by atoms with Crippen molar-refractivity contribution in [2.24, 2.45) is 4.99 Å². The highest BCUT2D eigenvalue weighted by Gasteiger charge is 2.38. The minimum Gasteiger partial charge on any atom is -0.355 e. The van der Waals surface area contributed by atoms with Crippen molar-refractivity contribution in [2.45, 2.75) is 63.5 Å². The number of nitrogens with zero attached hydrogens (tertiary/aromatic N) is 4. The van der Waals surface area contributed by atoms with Crippen LogP contribution in [-0.2, 0) is 6.54 Å². The van der Waals surface area contributed by atoms with Crippen LogP contribution in [0.1, 0.15) is 56.9 Å². The maximum atomic E-state index is 4.48. The summed E-state index contributed by atoms with van der Waals surface area (Å²) in [5.74, 6) is 1.67. The van der Waals surface area contributed by atoms with Crippen molar-refractivity contribution in [1.82, 2.24) is 30.7 Å². The van der Waals surface area contributed by atoms with Crippen LogP contribution in [0.25, 0.3) is 11.4 Å². The van der Waals surface area contributed by atoms with Crippen LogP contribution in [0.4, 0.5) is 0 Å².